The van der Waals surface area contributed by atoms with Gasteiger partial charge in [-0.1, -0.05) is 10.4 Å². The topological polar surface area (TPSA) is 99.3 Å². The molecule has 0 saturated heterocycles. The summed E-state index contributed by atoms with van der Waals surface area (Å²) < 4.78 is 0. The van der Waals surface area contributed by atoms with Crippen molar-refractivity contribution in [1.29, 1.82) is 0 Å². The first-order valence-corrected chi connectivity index (χ1v) is 2.66. The summed E-state index contributed by atoms with van der Waals surface area (Å²) in [4.78, 5) is 19.6. The maximum absolute atomic E-state index is 9.78. The molecule has 10 heavy (non-hydrogen) atoms. The predicted octanol–water partition coefficient (Wildman–Crippen LogP) is -0.759. The van der Waals surface area contributed by atoms with Gasteiger partial charge in [-0.15, -0.1) is 0 Å². The molecule has 0 aliphatic heterocycles. The third kappa shape index (κ3) is 2.16. The standard InChI is InChI=1S/C4H8N2O4/c7-1-3(5-9)4(2-8)6-10/h3-4,7-8H,1-2H2. The van der Waals surface area contributed by atoms with Gasteiger partial charge in [0.1, 0.15) is 12.1 Å². The summed E-state index contributed by atoms with van der Waals surface area (Å²) in [7, 11) is 0. The smallest absolute Gasteiger partial charge is 0.143 e. The van der Waals surface area contributed by atoms with E-state index in [2.05, 4.69) is 10.4 Å². The molecule has 0 aromatic carbocycles. The Labute approximate surface area is 56.8 Å². The van der Waals surface area contributed by atoms with Gasteiger partial charge in [0.15, 0.2) is 0 Å². The average molecular weight is 148 g/mol. The summed E-state index contributed by atoms with van der Waals surface area (Å²) in [5.74, 6) is 0. The Balaban J connectivity index is 3.93. The van der Waals surface area contributed by atoms with Gasteiger partial charge in [-0.05, 0) is 0 Å². The molecule has 0 rings (SSSR count). The number of hydrogen-bond acceptors (Lipinski definition) is 6. The lowest BCUT2D eigenvalue weighted by Crippen LogP contribution is -2.28. The minimum absolute atomic E-state index is 0.569. The maximum Gasteiger partial charge on any atom is 0.143 e. The van der Waals surface area contributed by atoms with Gasteiger partial charge >= 0.3 is 0 Å². The second-order valence-electron chi connectivity index (χ2n) is 1.71. The van der Waals surface area contributed by atoms with Crippen LogP contribution in [0.25, 0.3) is 0 Å². The van der Waals surface area contributed by atoms with Crippen LogP contribution in [0.2, 0.25) is 0 Å². The Bertz CT molecular complexity index is 104. The molecular weight excluding hydrogens is 140 g/mol. The van der Waals surface area contributed by atoms with Crippen molar-refractivity contribution in [2.24, 2.45) is 10.4 Å². The minimum Gasteiger partial charge on any atom is -0.394 e. The highest BCUT2D eigenvalue weighted by molar-refractivity contribution is 4.79. The molecule has 0 saturated carbocycles. The molecule has 0 aliphatic carbocycles. The molecule has 0 spiro atoms. The van der Waals surface area contributed by atoms with E-state index in [1.807, 2.05) is 0 Å². The molecule has 6 nitrogen and oxygen atoms in total. The zero-order valence-electron chi connectivity index (χ0n) is 5.17. The van der Waals surface area contributed by atoms with Crippen LogP contribution in [-0.2, 0) is 0 Å². The number of nitroso groups, excluding NO2 is 2. The van der Waals surface area contributed by atoms with Gasteiger partial charge < -0.3 is 10.2 Å². The van der Waals surface area contributed by atoms with E-state index >= 15 is 0 Å². The summed E-state index contributed by atoms with van der Waals surface area (Å²) in [5.41, 5.74) is 0. The molecule has 0 radical (unpaired) electrons. The number of aliphatic hydroxyl groups excluding tert-OH is 2. The fourth-order valence-corrected chi connectivity index (χ4v) is 0.451. The number of hydrogen-bond donors (Lipinski definition) is 2. The van der Waals surface area contributed by atoms with E-state index in [9.17, 15) is 9.81 Å². The molecule has 0 aromatic heterocycles. The summed E-state index contributed by atoms with van der Waals surface area (Å²) in [6, 6.07) is -2.25. The number of rotatable bonds is 5. The van der Waals surface area contributed by atoms with Gasteiger partial charge in [-0.25, -0.2) is 0 Å². The normalized spacial score (nSPS) is 15.8. The lowest BCUT2D eigenvalue weighted by molar-refractivity contribution is 0.200. The Morgan fingerprint density at radius 2 is 1.30 bits per heavy atom. The largest absolute Gasteiger partial charge is 0.394 e. The van der Waals surface area contributed by atoms with Crippen molar-refractivity contribution in [3.05, 3.63) is 9.81 Å². The highest BCUT2D eigenvalue weighted by Gasteiger charge is 2.21. The average Bonchev–Trinajstić information content (AvgIpc) is 2.00. The fraction of sp³-hybridized carbons (Fsp3) is 1.00. The molecule has 0 bridgehead atoms. The van der Waals surface area contributed by atoms with Crippen LogP contribution in [0.15, 0.2) is 10.4 Å². The Kier molecular flexibility index (Phi) is 4.51. The zero-order valence-corrected chi connectivity index (χ0v) is 5.17. The molecule has 0 fully saturated rings. The molecule has 0 aliphatic rings. The first-order valence-electron chi connectivity index (χ1n) is 2.66. The van der Waals surface area contributed by atoms with E-state index in [1.54, 1.807) is 0 Å². The lowest BCUT2D eigenvalue weighted by atomic mass is 10.2. The van der Waals surface area contributed by atoms with Crippen molar-refractivity contribution in [2.75, 3.05) is 13.2 Å². The summed E-state index contributed by atoms with van der Waals surface area (Å²) >= 11 is 0. The van der Waals surface area contributed by atoms with Crippen LogP contribution >= 0.6 is 0 Å². The third-order valence-electron chi connectivity index (χ3n) is 1.09. The van der Waals surface area contributed by atoms with Crippen LogP contribution in [0.5, 0.6) is 0 Å². The number of aliphatic hydroxyl groups is 2. The van der Waals surface area contributed by atoms with E-state index in [0.717, 1.165) is 0 Å². The quantitative estimate of drug-likeness (QED) is 0.500. The molecule has 6 heteroatoms. The van der Waals surface area contributed by atoms with Gasteiger partial charge in [0.2, 0.25) is 0 Å². The number of nitrogens with zero attached hydrogens (tertiary/aromatic N) is 2. The minimum atomic E-state index is -1.12. The summed E-state index contributed by atoms with van der Waals surface area (Å²) in [6.45, 7) is -1.14. The first-order chi connectivity index (χ1) is 4.79. The molecule has 2 unspecified atom stereocenters. The highest BCUT2D eigenvalue weighted by Crippen LogP contribution is 2.01. The van der Waals surface area contributed by atoms with Gasteiger partial charge in [0.25, 0.3) is 0 Å². The SMILES string of the molecule is O=NC(CO)C(CO)N=O. The van der Waals surface area contributed by atoms with Crippen molar-refractivity contribution in [1.82, 2.24) is 0 Å². The van der Waals surface area contributed by atoms with Crippen molar-refractivity contribution in [3.63, 3.8) is 0 Å². The predicted molar refractivity (Wildman–Crippen MR) is 33.3 cm³/mol. The Morgan fingerprint density at radius 3 is 1.40 bits per heavy atom. The maximum atomic E-state index is 9.78. The van der Waals surface area contributed by atoms with Crippen molar-refractivity contribution < 1.29 is 10.2 Å². The van der Waals surface area contributed by atoms with Gasteiger partial charge in [0.05, 0.1) is 13.2 Å². The fourth-order valence-electron chi connectivity index (χ4n) is 0.451. The van der Waals surface area contributed by atoms with Crippen LogP contribution in [-0.4, -0.2) is 35.5 Å². The van der Waals surface area contributed by atoms with Crippen LogP contribution < -0.4 is 0 Å². The van der Waals surface area contributed by atoms with E-state index in [4.69, 9.17) is 10.2 Å². The van der Waals surface area contributed by atoms with E-state index < -0.39 is 25.3 Å². The molecule has 0 amide bonds. The Morgan fingerprint density at radius 1 is 1.00 bits per heavy atom. The van der Waals surface area contributed by atoms with Gasteiger partial charge in [-0.3, -0.25) is 0 Å². The van der Waals surface area contributed by atoms with Crippen LogP contribution in [0, 0.1) is 9.81 Å². The molecule has 0 aromatic rings. The van der Waals surface area contributed by atoms with Crippen LogP contribution in [0.4, 0.5) is 0 Å². The van der Waals surface area contributed by atoms with Gasteiger partial charge in [-0.2, -0.15) is 9.81 Å². The second-order valence-corrected chi connectivity index (χ2v) is 1.71. The summed E-state index contributed by atoms with van der Waals surface area (Å²) in [6.07, 6.45) is 0. The Hall–Kier alpha value is -0.880. The van der Waals surface area contributed by atoms with Crippen LogP contribution in [0.3, 0.4) is 0 Å². The molecule has 0 heterocycles. The van der Waals surface area contributed by atoms with Crippen molar-refractivity contribution >= 4 is 0 Å². The van der Waals surface area contributed by atoms with E-state index in [-0.39, 0.29) is 0 Å². The molecule has 2 atom stereocenters. The molecular formula is C4H8N2O4. The molecule has 2 N–H and O–H groups in total. The zero-order chi connectivity index (χ0) is 7.98. The first kappa shape index (κ1) is 9.12. The molecule has 58 valence electrons. The van der Waals surface area contributed by atoms with E-state index in [0.29, 0.717) is 0 Å². The highest BCUT2D eigenvalue weighted by atomic mass is 16.3. The van der Waals surface area contributed by atoms with Gasteiger partial charge in [0, 0.05) is 0 Å². The third-order valence-corrected chi connectivity index (χ3v) is 1.09. The summed E-state index contributed by atoms with van der Waals surface area (Å²) in [5, 5.41) is 21.5. The van der Waals surface area contributed by atoms with Crippen LogP contribution in [0.1, 0.15) is 0 Å². The monoisotopic (exact) mass is 148 g/mol. The lowest BCUT2D eigenvalue weighted by Gasteiger charge is -2.07. The van der Waals surface area contributed by atoms with Crippen molar-refractivity contribution in [3.8, 4) is 0 Å². The second kappa shape index (κ2) is 4.95. The van der Waals surface area contributed by atoms with E-state index in [1.165, 1.54) is 0 Å². The van der Waals surface area contributed by atoms with Crippen molar-refractivity contribution in [2.45, 2.75) is 12.1 Å².